The number of carbonyl (C=O) groups is 3. The lowest BCUT2D eigenvalue weighted by molar-refractivity contribution is -0.147. The number of piperidine rings is 1. The van der Waals surface area contributed by atoms with E-state index in [-0.39, 0.29) is 24.2 Å². The normalized spacial score (nSPS) is 20.5. The van der Waals surface area contributed by atoms with Crippen LogP contribution in [0.3, 0.4) is 0 Å². The van der Waals surface area contributed by atoms with Gasteiger partial charge in [-0.05, 0) is 50.3 Å². The SMILES string of the molecule is COC(=O)C1CCCCN1C(=O)c1cccc(NC(=O)C2(N)CC2)c1.Cl. The summed E-state index contributed by atoms with van der Waals surface area (Å²) < 4.78 is 4.82. The molecule has 1 aromatic rings. The van der Waals surface area contributed by atoms with Gasteiger partial charge in [0.1, 0.15) is 6.04 Å². The Bertz CT molecular complexity index is 705. The molecule has 0 radical (unpaired) electrons. The molecule has 142 valence electrons. The van der Waals surface area contributed by atoms with E-state index in [2.05, 4.69) is 5.32 Å². The highest BCUT2D eigenvalue weighted by Crippen LogP contribution is 2.33. The second-order valence-corrected chi connectivity index (χ2v) is 6.72. The van der Waals surface area contributed by atoms with E-state index in [1.54, 1.807) is 29.2 Å². The average molecular weight is 382 g/mol. The number of nitrogens with zero attached hydrogens (tertiary/aromatic N) is 1. The van der Waals surface area contributed by atoms with Crippen molar-refractivity contribution in [3.63, 3.8) is 0 Å². The largest absolute Gasteiger partial charge is 0.467 e. The van der Waals surface area contributed by atoms with Crippen LogP contribution in [0.25, 0.3) is 0 Å². The summed E-state index contributed by atoms with van der Waals surface area (Å²) in [6.45, 7) is 0.515. The number of ether oxygens (including phenoxy) is 1. The minimum Gasteiger partial charge on any atom is -0.467 e. The van der Waals surface area contributed by atoms with E-state index in [9.17, 15) is 14.4 Å². The fourth-order valence-corrected chi connectivity index (χ4v) is 3.07. The molecule has 2 amide bonds. The zero-order chi connectivity index (χ0) is 18.0. The van der Waals surface area contributed by atoms with Crippen LogP contribution in [0.4, 0.5) is 5.69 Å². The topological polar surface area (TPSA) is 102 Å². The Kier molecular flexibility index (Phi) is 6.26. The third-order valence-electron chi connectivity index (χ3n) is 4.85. The quantitative estimate of drug-likeness (QED) is 0.773. The van der Waals surface area contributed by atoms with Crippen LogP contribution in [0.2, 0.25) is 0 Å². The van der Waals surface area contributed by atoms with Gasteiger partial charge in [-0.1, -0.05) is 6.07 Å². The second-order valence-electron chi connectivity index (χ2n) is 6.72. The van der Waals surface area contributed by atoms with Gasteiger partial charge < -0.3 is 20.7 Å². The molecule has 1 atom stereocenters. The van der Waals surface area contributed by atoms with Crippen LogP contribution >= 0.6 is 12.4 Å². The van der Waals surface area contributed by atoms with Gasteiger partial charge in [-0.3, -0.25) is 9.59 Å². The lowest BCUT2D eigenvalue weighted by Gasteiger charge is -2.33. The number of hydrogen-bond acceptors (Lipinski definition) is 5. The van der Waals surface area contributed by atoms with E-state index in [1.165, 1.54) is 7.11 Å². The number of methoxy groups -OCH3 is 1. The summed E-state index contributed by atoms with van der Waals surface area (Å²) in [5.74, 6) is -0.862. The lowest BCUT2D eigenvalue weighted by atomic mass is 10.0. The summed E-state index contributed by atoms with van der Waals surface area (Å²) in [5, 5.41) is 2.76. The van der Waals surface area contributed by atoms with Crippen molar-refractivity contribution in [1.82, 2.24) is 4.90 Å². The van der Waals surface area contributed by atoms with Crippen molar-refractivity contribution in [3.05, 3.63) is 29.8 Å². The van der Waals surface area contributed by atoms with Gasteiger partial charge in [-0.15, -0.1) is 12.4 Å². The molecule has 1 heterocycles. The Hall–Kier alpha value is -2.12. The molecular weight excluding hydrogens is 358 g/mol. The molecule has 1 aliphatic heterocycles. The van der Waals surface area contributed by atoms with Gasteiger partial charge >= 0.3 is 5.97 Å². The summed E-state index contributed by atoms with van der Waals surface area (Å²) >= 11 is 0. The molecule has 2 fully saturated rings. The zero-order valence-electron chi connectivity index (χ0n) is 14.7. The first-order valence-corrected chi connectivity index (χ1v) is 8.54. The zero-order valence-corrected chi connectivity index (χ0v) is 15.5. The summed E-state index contributed by atoms with van der Waals surface area (Å²) in [4.78, 5) is 38.4. The van der Waals surface area contributed by atoms with E-state index >= 15 is 0 Å². The van der Waals surface area contributed by atoms with Gasteiger partial charge in [-0.25, -0.2) is 4.79 Å². The van der Waals surface area contributed by atoms with Crippen molar-refractivity contribution in [2.75, 3.05) is 19.0 Å². The fraction of sp³-hybridized carbons (Fsp3) is 0.500. The Labute approximate surface area is 158 Å². The van der Waals surface area contributed by atoms with Gasteiger partial charge in [0.05, 0.1) is 12.6 Å². The first kappa shape index (κ1) is 20.2. The summed E-state index contributed by atoms with van der Waals surface area (Å²) in [5.41, 5.74) is 6.06. The maximum atomic E-state index is 12.9. The maximum absolute atomic E-state index is 12.9. The van der Waals surface area contributed by atoms with Crippen LogP contribution in [-0.4, -0.2) is 47.9 Å². The Morgan fingerprint density at radius 2 is 2.00 bits per heavy atom. The van der Waals surface area contributed by atoms with Crippen molar-refractivity contribution in [1.29, 1.82) is 0 Å². The van der Waals surface area contributed by atoms with E-state index in [4.69, 9.17) is 10.5 Å². The minimum absolute atomic E-state index is 0. The molecule has 0 aromatic heterocycles. The van der Waals surface area contributed by atoms with Crippen molar-refractivity contribution in [3.8, 4) is 0 Å². The predicted octanol–water partition coefficient (Wildman–Crippen LogP) is 1.71. The molecule has 1 unspecified atom stereocenters. The highest BCUT2D eigenvalue weighted by atomic mass is 35.5. The number of likely N-dealkylation sites (tertiary alicyclic amines) is 1. The molecule has 3 N–H and O–H groups in total. The smallest absolute Gasteiger partial charge is 0.328 e. The molecule has 0 bridgehead atoms. The molecule has 3 rings (SSSR count). The van der Waals surface area contributed by atoms with Crippen molar-refractivity contribution in [2.45, 2.75) is 43.7 Å². The molecule has 1 saturated carbocycles. The minimum atomic E-state index is -0.775. The lowest BCUT2D eigenvalue weighted by Crippen LogP contribution is -2.48. The molecule has 26 heavy (non-hydrogen) atoms. The molecule has 1 aromatic carbocycles. The highest BCUT2D eigenvalue weighted by molar-refractivity contribution is 6.02. The number of esters is 1. The fourth-order valence-electron chi connectivity index (χ4n) is 3.07. The van der Waals surface area contributed by atoms with Crippen LogP contribution in [0.15, 0.2) is 24.3 Å². The summed E-state index contributed by atoms with van der Waals surface area (Å²) in [6, 6.07) is 6.17. The van der Waals surface area contributed by atoms with Gasteiger partial charge in [0.25, 0.3) is 5.91 Å². The number of nitrogens with one attached hydrogen (secondary N) is 1. The number of nitrogens with two attached hydrogens (primary N) is 1. The molecule has 0 spiro atoms. The van der Waals surface area contributed by atoms with Gasteiger partial charge in [0, 0.05) is 17.8 Å². The first-order valence-electron chi connectivity index (χ1n) is 8.54. The standard InChI is InChI=1S/C18H23N3O4.ClH/c1-25-16(23)14-7-2-3-10-21(14)15(22)12-5-4-6-13(11-12)20-17(24)18(19)8-9-18;/h4-6,11,14H,2-3,7-10,19H2,1H3,(H,20,24);1H. The van der Waals surface area contributed by atoms with Gasteiger partial charge in [-0.2, -0.15) is 0 Å². The highest BCUT2D eigenvalue weighted by Gasteiger charge is 2.46. The number of benzene rings is 1. The molecule has 7 nitrogen and oxygen atoms in total. The third-order valence-corrected chi connectivity index (χ3v) is 4.85. The van der Waals surface area contributed by atoms with Crippen LogP contribution in [0, 0.1) is 0 Å². The van der Waals surface area contributed by atoms with Gasteiger partial charge in [0.15, 0.2) is 0 Å². The van der Waals surface area contributed by atoms with Crippen LogP contribution in [-0.2, 0) is 14.3 Å². The van der Waals surface area contributed by atoms with Crippen molar-refractivity contribution in [2.24, 2.45) is 5.73 Å². The Morgan fingerprint density at radius 1 is 1.27 bits per heavy atom. The van der Waals surface area contributed by atoms with E-state index in [0.717, 1.165) is 12.8 Å². The number of amides is 2. The first-order chi connectivity index (χ1) is 11.9. The molecule has 1 saturated heterocycles. The third kappa shape index (κ3) is 4.16. The summed E-state index contributed by atoms with van der Waals surface area (Å²) in [7, 11) is 1.33. The van der Waals surface area contributed by atoms with E-state index in [1.807, 2.05) is 0 Å². The second kappa shape index (κ2) is 8.05. The Morgan fingerprint density at radius 3 is 2.65 bits per heavy atom. The number of anilines is 1. The Balaban J connectivity index is 0.00000243. The molecule has 1 aliphatic carbocycles. The predicted molar refractivity (Wildman–Crippen MR) is 99.2 cm³/mol. The number of carbonyl (C=O) groups excluding carboxylic acids is 3. The average Bonchev–Trinajstić information content (AvgIpc) is 3.39. The van der Waals surface area contributed by atoms with Crippen LogP contribution in [0.1, 0.15) is 42.5 Å². The van der Waals surface area contributed by atoms with Crippen molar-refractivity contribution < 1.29 is 19.1 Å². The summed E-state index contributed by atoms with van der Waals surface area (Å²) in [6.07, 6.45) is 3.69. The van der Waals surface area contributed by atoms with E-state index < -0.39 is 17.6 Å². The molecule has 2 aliphatic rings. The van der Waals surface area contributed by atoms with Gasteiger partial charge in [0.2, 0.25) is 5.91 Å². The van der Waals surface area contributed by atoms with Crippen LogP contribution < -0.4 is 11.1 Å². The van der Waals surface area contributed by atoms with Crippen LogP contribution in [0.5, 0.6) is 0 Å². The number of rotatable bonds is 4. The van der Waals surface area contributed by atoms with E-state index in [0.29, 0.717) is 37.1 Å². The number of halogens is 1. The maximum Gasteiger partial charge on any atom is 0.328 e. The molecule has 8 heteroatoms. The monoisotopic (exact) mass is 381 g/mol. The van der Waals surface area contributed by atoms with Crippen molar-refractivity contribution >= 4 is 35.9 Å². The molecular formula is C18H24ClN3O4. The number of hydrogen-bond donors (Lipinski definition) is 2.